The maximum atomic E-state index is 6.55. The second-order valence-corrected chi connectivity index (χ2v) is 8.33. The second kappa shape index (κ2) is 8.17. The number of nitrogens with zero attached hydrogens (tertiary/aromatic N) is 4. The normalized spacial score (nSPS) is 19.1. The van der Waals surface area contributed by atoms with Crippen LogP contribution in [0.1, 0.15) is 49.4 Å². The van der Waals surface area contributed by atoms with E-state index in [0.717, 1.165) is 24.6 Å². The summed E-state index contributed by atoms with van der Waals surface area (Å²) in [5.41, 5.74) is 3.47. The quantitative estimate of drug-likeness (QED) is 0.611. The molecule has 29 heavy (non-hydrogen) atoms. The lowest BCUT2D eigenvalue weighted by Gasteiger charge is -2.45. The standard InChI is InChI=1S/C23H26ClN5/c24-22-21-23(27-16-26-22)29(18-10-5-2-6-11-18)20(19-12-7-13-28(19)21)15-25-14-17-8-3-1-4-9-17/h1,3-4,7-9,12-13,16,18,20,25H,2,5-6,10-11,14-15H2. The number of halogens is 1. The molecule has 5 rings (SSSR count). The summed E-state index contributed by atoms with van der Waals surface area (Å²) in [6.45, 7) is 1.71. The van der Waals surface area contributed by atoms with E-state index < -0.39 is 0 Å². The molecule has 1 aliphatic heterocycles. The van der Waals surface area contributed by atoms with Gasteiger partial charge in [-0.3, -0.25) is 0 Å². The summed E-state index contributed by atoms with van der Waals surface area (Å²) in [6, 6.07) is 15.6. The van der Waals surface area contributed by atoms with E-state index in [4.69, 9.17) is 16.6 Å². The minimum atomic E-state index is 0.218. The molecule has 5 nitrogen and oxygen atoms in total. The number of hydrogen-bond acceptors (Lipinski definition) is 4. The van der Waals surface area contributed by atoms with Crippen LogP contribution in [0.25, 0.3) is 5.69 Å². The first-order chi connectivity index (χ1) is 14.3. The molecule has 2 aliphatic rings. The molecular formula is C23H26ClN5. The van der Waals surface area contributed by atoms with Crippen molar-refractivity contribution in [3.8, 4) is 5.69 Å². The SMILES string of the molecule is Clc1ncnc2c1-n1cccc1C(CNCc1ccccc1)N2C1CCCCC1. The summed E-state index contributed by atoms with van der Waals surface area (Å²) in [6.07, 6.45) is 9.97. The van der Waals surface area contributed by atoms with Gasteiger partial charge in [-0.15, -0.1) is 0 Å². The molecule has 3 aromatic rings. The van der Waals surface area contributed by atoms with Gasteiger partial charge in [-0.2, -0.15) is 0 Å². The van der Waals surface area contributed by atoms with Gasteiger partial charge in [-0.1, -0.05) is 61.2 Å². The van der Waals surface area contributed by atoms with Crippen molar-refractivity contribution in [3.05, 3.63) is 71.4 Å². The summed E-state index contributed by atoms with van der Waals surface area (Å²) in [4.78, 5) is 11.5. The van der Waals surface area contributed by atoms with Crippen LogP contribution >= 0.6 is 11.6 Å². The average molecular weight is 408 g/mol. The smallest absolute Gasteiger partial charge is 0.158 e. The molecule has 0 radical (unpaired) electrons. The van der Waals surface area contributed by atoms with E-state index in [9.17, 15) is 0 Å². The highest BCUT2D eigenvalue weighted by Gasteiger charge is 2.37. The zero-order valence-corrected chi connectivity index (χ0v) is 17.2. The van der Waals surface area contributed by atoms with Crippen molar-refractivity contribution in [1.29, 1.82) is 0 Å². The van der Waals surface area contributed by atoms with E-state index in [1.807, 2.05) is 0 Å². The second-order valence-electron chi connectivity index (χ2n) is 7.97. The van der Waals surface area contributed by atoms with E-state index in [1.165, 1.54) is 43.4 Å². The molecule has 1 fully saturated rings. The first-order valence-corrected chi connectivity index (χ1v) is 10.9. The summed E-state index contributed by atoms with van der Waals surface area (Å²) in [7, 11) is 0. The third-order valence-electron chi connectivity index (χ3n) is 6.18. The number of anilines is 1. The molecule has 1 saturated carbocycles. The molecule has 2 aromatic heterocycles. The molecule has 150 valence electrons. The first kappa shape index (κ1) is 18.6. The van der Waals surface area contributed by atoms with Crippen LogP contribution in [0.5, 0.6) is 0 Å². The predicted octanol–water partition coefficient (Wildman–Crippen LogP) is 4.90. The van der Waals surface area contributed by atoms with Crippen molar-refractivity contribution in [2.45, 2.75) is 50.7 Å². The van der Waals surface area contributed by atoms with Crippen molar-refractivity contribution in [3.63, 3.8) is 0 Å². The van der Waals surface area contributed by atoms with Crippen LogP contribution in [-0.4, -0.2) is 27.1 Å². The molecule has 0 spiro atoms. The van der Waals surface area contributed by atoms with Gasteiger partial charge < -0.3 is 14.8 Å². The fourth-order valence-corrected chi connectivity index (χ4v) is 5.06. The summed E-state index contributed by atoms with van der Waals surface area (Å²) in [5, 5.41) is 4.20. The highest BCUT2D eigenvalue weighted by atomic mass is 35.5. The Labute approximate surface area is 176 Å². The third-order valence-corrected chi connectivity index (χ3v) is 6.46. The zero-order valence-electron chi connectivity index (χ0n) is 16.5. The van der Waals surface area contributed by atoms with E-state index in [0.29, 0.717) is 11.2 Å². The highest BCUT2D eigenvalue weighted by Crippen LogP contribution is 2.43. The molecule has 1 N–H and O–H groups in total. The Kier molecular flexibility index (Phi) is 5.25. The lowest BCUT2D eigenvalue weighted by atomic mass is 9.91. The topological polar surface area (TPSA) is 46.0 Å². The molecular weight excluding hydrogens is 382 g/mol. The van der Waals surface area contributed by atoms with Gasteiger partial charge in [0.05, 0.1) is 6.04 Å². The number of rotatable bonds is 5. The molecule has 0 amide bonds. The number of aromatic nitrogens is 3. The van der Waals surface area contributed by atoms with Gasteiger partial charge in [0.25, 0.3) is 0 Å². The largest absolute Gasteiger partial charge is 0.342 e. The molecule has 3 heterocycles. The lowest BCUT2D eigenvalue weighted by molar-refractivity contribution is 0.370. The molecule has 1 atom stereocenters. The Balaban J connectivity index is 1.49. The van der Waals surface area contributed by atoms with Gasteiger partial charge in [-0.25, -0.2) is 9.97 Å². The summed E-state index contributed by atoms with van der Waals surface area (Å²) >= 11 is 6.55. The fourth-order valence-electron chi connectivity index (χ4n) is 4.84. The Morgan fingerprint density at radius 1 is 1.00 bits per heavy atom. The van der Waals surface area contributed by atoms with Crippen LogP contribution in [0.15, 0.2) is 55.0 Å². The molecule has 1 unspecified atom stereocenters. The number of benzene rings is 1. The van der Waals surface area contributed by atoms with Crippen molar-refractivity contribution >= 4 is 17.4 Å². The van der Waals surface area contributed by atoms with Crippen molar-refractivity contribution in [2.75, 3.05) is 11.4 Å². The monoisotopic (exact) mass is 407 g/mol. The third kappa shape index (κ3) is 3.53. The van der Waals surface area contributed by atoms with Crippen molar-refractivity contribution < 1.29 is 0 Å². The average Bonchev–Trinajstić information content (AvgIpc) is 3.25. The maximum absolute atomic E-state index is 6.55. The fraction of sp³-hybridized carbons (Fsp3) is 0.391. The van der Waals surface area contributed by atoms with Gasteiger partial charge in [0.2, 0.25) is 0 Å². The van der Waals surface area contributed by atoms with Crippen LogP contribution in [-0.2, 0) is 6.54 Å². The van der Waals surface area contributed by atoms with Crippen molar-refractivity contribution in [2.24, 2.45) is 0 Å². The van der Waals surface area contributed by atoms with Crippen LogP contribution in [0.3, 0.4) is 0 Å². The highest BCUT2D eigenvalue weighted by molar-refractivity contribution is 6.31. The van der Waals surface area contributed by atoms with Crippen LogP contribution in [0.2, 0.25) is 5.15 Å². The van der Waals surface area contributed by atoms with Gasteiger partial charge in [0.15, 0.2) is 11.0 Å². The number of hydrogen-bond donors (Lipinski definition) is 1. The van der Waals surface area contributed by atoms with Gasteiger partial charge in [0.1, 0.15) is 12.0 Å². The van der Waals surface area contributed by atoms with E-state index in [2.05, 4.69) is 68.4 Å². The molecule has 6 heteroatoms. The van der Waals surface area contributed by atoms with E-state index >= 15 is 0 Å². The molecule has 0 saturated heterocycles. The van der Waals surface area contributed by atoms with E-state index in [-0.39, 0.29) is 6.04 Å². The van der Waals surface area contributed by atoms with Gasteiger partial charge in [0, 0.05) is 31.0 Å². The predicted molar refractivity (Wildman–Crippen MR) is 117 cm³/mol. The van der Waals surface area contributed by atoms with Crippen molar-refractivity contribution in [1.82, 2.24) is 19.9 Å². The lowest BCUT2D eigenvalue weighted by Crippen LogP contribution is -2.47. The summed E-state index contributed by atoms with van der Waals surface area (Å²) in [5.74, 6) is 0.965. The van der Waals surface area contributed by atoms with E-state index in [1.54, 1.807) is 6.33 Å². The van der Waals surface area contributed by atoms with Crippen LogP contribution in [0.4, 0.5) is 5.82 Å². The Hall–Kier alpha value is -2.37. The number of nitrogens with one attached hydrogen (secondary N) is 1. The van der Waals surface area contributed by atoms with Crippen LogP contribution in [0, 0.1) is 0 Å². The number of fused-ring (bicyclic) bond motifs is 3. The molecule has 1 aliphatic carbocycles. The Morgan fingerprint density at radius 3 is 2.66 bits per heavy atom. The Bertz CT molecular complexity index is 964. The minimum absolute atomic E-state index is 0.218. The summed E-state index contributed by atoms with van der Waals surface area (Å²) < 4.78 is 2.17. The van der Waals surface area contributed by atoms with Crippen LogP contribution < -0.4 is 10.2 Å². The zero-order chi connectivity index (χ0) is 19.6. The van der Waals surface area contributed by atoms with Gasteiger partial charge in [-0.05, 0) is 30.5 Å². The maximum Gasteiger partial charge on any atom is 0.158 e. The first-order valence-electron chi connectivity index (χ1n) is 10.5. The molecule has 1 aromatic carbocycles. The Morgan fingerprint density at radius 2 is 1.83 bits per heavy atom. The van der Waals surface area contributed by atoms with Gasteiger partial charge >= 0.3 is 0 Å². The minimum Gasteiger partial charge on any atom is -0.342 e. The molecule has 0 bridgehead atoms.